The summed E-state index contributed by atoms with van der Waals surface area (Å²) in [6.45, 7) is 3.76. The van der Waals surface area contributed by atoms with Crippen LogP contribution in [-0.2, 0) is 9.53 Å². The minimum absolute atomic E-state index is 0.000407. The van der Waals surface area contributed by atoms with Gasteiger partial charge in [-0.15, -0.1) is 0 Å². The molecule has 33 heavy (non-hydrogen) atoms. The molecule has 1 aliphatic carbocycles. The predicted octanol–water partition coefficient (Wildman–Crippen LogP) is 4.40. The molecule has 0 unspecified atom stereocenters. The number of hydrogen-bond donors (Lipinski definition) is 1. The Morgan fingerprint density at radius 3 is 2.36 bits per heavy atom. The number of halogens is 1. The Morgan fingerprint density at radius 2 is 1.79 bits per heavy atom. The number of hydrogen-bond acceptors (Lipinski definition) is 4. The van der Waals surface area contributed by atoms with Crippen LogP contribution >= 0.6 is 0 Å². The fraction of sp³-hybridized carbons (Fsp3) is 0.423. The molecule has 2 aromatic carbocycles. The molecule has 0 radical (unpaired) electrons. The van der Waals surface area contributed by atoms with Crippen molar-refractivity contribution >= 4 is 12.0 Å². The summed E-state index contributed by atoms with van der Waals surface area (Å²) in [5.74, 6) is -0.727. The first-order valence-electron chi connectivity index (χ1n) is 11.4. The Hall–Kier alpha value is -3.40. The van der Waals surface area contributed by atoms with Gasteiger partial charge in [-0.05, 0) is 28.2 Å². The highest BCUT2D eigenvalue weighted by atomic mass is 19.1. The second-order valence-corrected chi connectivity index (χ2v) is 8.80. The van der Waals surface area contributed by atoms with E-state index >= 15 is 0 Å². The molecular formula is C26H28FN3O3. The summed E-state index contributed by atoms with van der Waals surface area (Å²) in [5, 5.41) is 12.0. The van der Waals surface area contributed by atoms with Crippen LogP contribution < -0.4 is 5.32 Å². The average Bonchev–Trinajstić information content (AvgIpc) is 3.38. The second kappa shape index (κ2) is 9.62. The maximum absolute atomic E-state index is 13.9. The maximum atomic E-state index is 13.9. The van der Waals surface area contributed by atoms with Crippen LogP contribution in [0.4, 0.5) is 9.18 Å². The van der Waals surface area contributed by atoms with E-state index in [9.17, 15) is 19.2 Å². The Balaban J connectivity index is 1.46. The van der Waals surface area contributed by atoms with Crippen LogP contribution in [0.5, 0.6) is 0 Å². The van der Waals surface area contributed by atoms with Gasteiger partial charge in [-0.2, -0.15) is 5.26 Å². The number of benzene rings is 2. The van der Waals surface area contributed by atoms with Crippen molar-refractivity contribution in [1.29, 1.82) is 5.26 Å². The molecule has 1 fully saturated rings. The Kier molecular flexibility index (Phi) is 6.64. The molecule has 1 saturated heterocycles. The van der Waals surface area contributed by atoms with E-state index in [4.69, 9.17) is 4.74 Å². The number of fused-ring (bicyclic) bond motifs is 3. The lowest BCUT2D eigenvalue weighted by molar-refractivity contribution is -0.134. The average molecular weight is 450 g/mol. The third-order valence-corrected chi connectivity index (χ3v) is 6.78. The number of alkyl carbamates (subject to hydrolysis) is 1. The van der Waals surface area contributed by atoms with Gasteiger partial charge in [0.2, 0.25) is 5.91 Å². The number of ether oxygens (including phenoxy) is 1. The summed E-state index contributed by atoms with van der Waals surface area (Å²) < 4.78 is 19.5. The summed E-state index contributed by atoms with van der Waals surface area (Å²) in [6, 6.07) is 16.4. The molecule has 2 amide bonds. The van der Waals surface area contributed by atoms with Gasteiger partial charge < -0.3 is 15.0 Å². The van der Waals surface area contributed by atoms with Crippen molar-refractivity contribution in [1.82, 2.24) is 10.2 Å². The van der Waals surface area contributed by atoms with E-state index in [0.717, 1.165) is 22.3 Å². The van der Waals surface area contributed by atoms with E-state index in [-0.39, 0.29) is 31.4 Å². The number of nitrogens with zero attached hydrogens (tertiary/aromatic N) is 2. The highest BCUT2D eigenvalue weighted by Gasteiger charge is 2.40. The van der Waals surface area contributed by atoms with E-state index in [2.05, 4.69) is 17.4 Å². The summed E-state index contributed by atoms with van der Waals surface area (Å²) in [5.41, 5.74) is 4.46. The Bertz CT molecular complexity index is 1040. The van der Waals surface area contributed by atoms with Crippen molar-refractivity contribution < 1.29 is 18.7 Å². The lowest BCUT2D eigenvalue weighted by Gasteiger charge is -2.29. The summed E-state index contributed by atoms with van der Waals surface area (Å²) in [6.07, 6.45) is -1.30. The van der Waals surface area contributed by atoms with Crippen LogP contribution in [0, 0.1) is 17.2 Å². The SMILES string of the molecule is CC[C@H](C)[C@H](NC(=O)OCC1c2ccccc2-c2ccccc21)C(=O)N1C[C@H](F)C[C@H]1C#N. The zero-order valence-corrected chi connectivity index (χ0v) is 18.8. The second-order valence-electron chi connectivity index (χ2n) is 8.80. The van der Waals surface area contributed by atoms with Crippen LogP contribution in [0.15, 0.2) is 48.5 Å². The van der Waals surface area contributed by atoms with Gasteiger partial charge in [-0.3, -0.25) is 4.79 Å². The normalized spacial score (nSPS) is 21.0. The molecular weight excluding hydrogens is 421 g/mol. The molecule has 1 aliphatic heterocycles. The van der Waals surface area contributed by atoms with E-state index in [1.165, 1.54) is 4.90 Å². The fourth-order valence-electron chi connectivity index (χ4n) is 4.78. The third kappa shape index (κ3) is 4.43. The van der Waals surface area contributed by atoms with Gasteiger partial charge in [0.05, 0.1) is 12.6 Å². The number of nitrogens with one attached hydrogen (secondary N) is 1. The molecule has 0 aromatic heterocycles. The number of carbonyl (C=O) groups is 2. The number of alkyl halides is 1. The first-order chi connectivity index (χ1) is 15.9. The van der Waals surface area contributed by atoms with Gasteiger partial charge in [0.25, 0.3) is 0 Å². The van der Waals surface area contributed by atoms with E-state index < -0.39 is 30.3 Å². The molecule has 0 spiro atoms. The molecule has 172 valence electrons. The minimum atomic E-state index is -1.23. The fourth-order valence-corrected chi connectivity index (χ4v) is 4.78. The van der Waals surface area contributed by atoms with Gasteiger partial charge >= 0.3 is 6.09 Å². The van der Waals surface area contributed by atoms with Crippen molar-refractivity contribution in [2.75, 3.05) is 13.2 Å². The molecule has 4 atom stereocenters. The smallest absolute Gasteiger partial charge is 0.407 e. The monoisotopic (exact) mass is 449 g/mol. The molecule has 7 heteroatoms. The number of carbonyl (C=O) groups excluding carboxylic acids is 2. The van der Waals surface area contributed by atoms with Crippen molar-refractivity contribution in [2.24, 2.45) is 5.92 Å². The predicted molar refractivity (Wildman–Crippen MR) is 122 cm³/mol. The number of likely N-dealkylation sites (tertiary alicyclic amines) is 1. The quantitative estimate of drug-likeness (QED) is 0.709. The van der Waals surface area contributed by atoms with Crippen LogP contribution in [0.1, 0.15) is 43.7 Å². The van der Waals surface area contributed by atoms with Crippen LogP contribution in [-0.4, -0.2) is 48.3 Å². The van der Waals surface area contributed by atoms with Gasteiger partial charge in [0.15, 0.2) is 0 Å². The van der Waals surface area contributed by atoms with E-state index in [1.807, 2.05) is 56.3 Å². The first-order valence-corrected chi connectivity index (χ1v) is 11.4. The standard InChI is InChI=1S/C26H28FN3O3/c1-3-16(2)24(25(31)30-14-17(27)12-18(30)13-28)29-26(32)33-15-23-21-10-6-4-8-19(21)20-9-5-7-11-22(20)23/h4-11,16-18,23-24H,3,12,14-15H2,1-2H3,(H,29,32)/t16-,17+,18-,24-/m0/s1. The van der Waals surface area contributed by atoms with Crippen molar-refractivity contribution in [3.63, 3.8) is 0 Å². The number of rotatable bonds is 6. The lowest BCUT2D eigenvalue weighted by Crippen LogP contribution is -2.53. The molecule has 0 saturated carbocycles. The van der Waals surface area contributed by atoms with Crippen LogP contribution in [0.2, 0.25) is 0 Å². The zero-order chi connectivity index (χ0) is 23.5. The number of nitriles is 1. The van der Waals surface area contributed by atoms with Gasteiger partial charge in [-0.1, -0.05) is 68.8 Å². The zero-order valence-electron chi connectivity index (χ0n) is 18.8. The molecule has 4 rings (SSSR count). The van der Waals surface area contributed by atoms with Crippen molar-refractivity contribution in [2.45, 2.75) is 50.9 Å². The summed E-state index contributed by atoms with van der Waals surface area (Å²) in [4.78, 5) is 27.1. The Labute approximate surface area is 193 Å². The van der Waals surface area contributed by atoms with Gasteiger partial charge in [-0.25, -0.2) is 9.18 Å². The molecule has 6 nitrogen and oxygen atoms in total. The van der Waals surface area contributed by atoms with Crippen LogP contribution in [0.3, 0.4) is 0 Å². The topological polar surface area (TPSA) is 82.4 Å². The lowest BCUT2D eigenvalue weighted by atomic mass is 9.97. The largest absolute Gasteiger partial charge is 0.449 e. The highest BCUT2D eigenvalue weighted by molar-refractivity contribution is 5.87. The first kappa shape index (κ1) is 22.8. The minimum Gasteiger partial charge on any atom is -0.449 e. The summed E-state index contributed by atoms with van der Waals surface area (Å²) >= 11 is 0. The van der Waals surface area contributed by atoms with E-state index in [1.54, 1.807) is 0 Å². The number of amides is 2. The molecule has 2 aliphatic rings. The van der Waals surface area contributed by atoms with E-state index in [0.29, 0.717) is 6.42 Å². The molecule has 0 bridgehead atoms. The summed E-state index contributed by atoms with van der Waals surface area (Å²) in [7, 11) is 0. The highest BCUT2D eigenvalue weighted by Crippen LogP contribution is 2.44. The van der Waals surface area contributed by atoms with Crippen molar-refractivity contribution in [3.8, 4) is 17.2 Å². The molecule has 1 N–H and O–H groups in total. The third-order valence-electron chi connectivity index (χ3n) is 6.78. The molecule has 1 heterocycles. The Morgan fingerprint density at radius 1 is 1.18 bits per heavy atom. The van der Waals surface area contributed by atoms with Gasteiger partial charge in [0.1, 0.15) is 24.9 Å². The van der Waals surface area contributed by atoms with Crippen LogP contribution in [0.25, 0.3) is 11.1 Å². The maximum Gasteiger partial charge on any atom is 0.407 e. The van der Waals surface area contributed by atoms with Gasteiger partial charge in [0, 0.05) is 12.3 Å². The van der Waals surface area contributed by atoms with Crippen molar-refractivity contribution in [3.05, 3.63) is 59.7 Å². The molecule has 2 aromatic rings.